The van der Waals surface area contributed by atoms with Crippen LogP contribution in [0.15, 0.2) is 48.5 Å². The third kappa shape index (κ3) is 6.17. The van der Waals surface area contributed by atoms with Crippen LogP contribution in [-0.2, 0) is 21.4 Å². The Balaban J connectivity index is 1.82. The Morgan fingerprint density at radius 1 is 0.969 bits per heavy atom. The van der Waals surface area contributed by atoms with Gasteiger partial charge in [-0.25, -0.2) is 13.2 Å². The van der Waals surface area contributed by atoms with Gasteiger partial charge in [0, 0.05) is 12.7 Å². The Bertz CT molecular complexity index is 1040. The average Bonchev–Trinajstić information content (AvgIpc) is 2.78. The molecule has 172 valence electrons. The topological polar surface area (TPSA) is 95.0 Å². The second kappa shape index (κ2) is 10.3. The highest BCUT2D eigenvalue weighted by atomic mass is 32.2. The fraction of sp³-hybridized carbons (Fsp3) is 0.417. The highest BCUT2D eigenvalue weighted by Gasteiger charge is 2.22. The maximum absolute atomic E-state index is 13.0. The third-order valence-corrected chi connectivity index (χ3v) is 7.31. The monoisotopic (exact) mass is 458 g/mol. The van der Waals surface area contributed by atoms with Crippen LogP contribution in [0.4, 0.5) is 5.69 Å². The number of sulfonamides is 1. The van der Waals surface area contributed by atoms with Crippen molar-refractivity contribution in [1.82, 2.24) is 4.31 Å². The number of carbonyl (C=O) groups excluding carboxylic acids is 1. The number of amides is 1. The van der Waals surface area contributed by atoms with Crippen LogP contribution in [0.2, 0.25) is 0 Å². The molecule has 7 nitrogen and oxygen atoms in total. The number of aromatic carboxylic acids is 1. The van der Waals surface area contributed by atoms with Gasteiger partial charge in [0.15, 0.2) is 0 Å². The molecular weight excluding hydrogens is 428 g/mol. The molecule has 1 aliphatic carbocycles. The maximum Gasteiger partial charge on any atom is 0.335 e. The molecular formula is C24H30N2O5S. The third-order valence-electron chi connectivity index (χ3n) is 6.05. The first kappa shape index (κ1) is 23.9. The molecule has 1 N–H and O–H groups in total. The molecule has 2 aromatic carbocycles. The number of carboxylic acids is 1. The number of carboxylic acid groups (broad SMARTS) is 1. The van der Waals surface area contributed by atoms with E-state index in [4.69, 9.17) is 5.11 Å². The van der Waals surface area contributed by atoms with Crippen molar-refractivity contribution in [2.75, 3.05) is 24.7 Å². The fourth-order valence-corrected chi connectivity index (χ4v) is 4.36. The molecule has 0 spiro atoms. The van der Waals surface area contributed by atoms with Crippen molar-refractivity contribution in [2.45, 2.75) is 44.6 Å². The van der Waals surface area contributed by atoms with E-state index >= 15 is 0 Å². The van der Waals surface area contributed by atoms with Crippen molar-refractivity contribution >= 4 is 27.6 Å². The van der Waals surface area contributed by atoms with E-state index < -0.39 is 21.9 Å². The van der Waals surface area contributed by atoms with E-state index in [-0.39, 0.29) is 18.7 Å². The maximum atomic E-state index is 13.0. The Kier molecular flexibility index (Phi) is 7.69. The molecule has 8 heteroatoms. The summed E-state index contributed by atoms with van der Waals surface area (Å²) in [6.07, 6.45) is 7.28. The van der Waals surface area contributed by atoms with Gasteiger partial charge in [-0.3, -0.25) is 4.79 Å². The molecule has 32 heavy (non-hydrogen) atoms. The SMILES string of the molecule is CN(CC(=O)N(Cc1ccc(C2CCCCC2)cc1)c1ccc(C(=O)O)cc1)S(C)(=O)=O. The van der Waals surface area contributed by atoms with Crippen molar-refractivity contribution < 1.29 is 23.1 Å². The van der Waals surface area contributed by atoms with Gasteiger partial charge in [-0.1, -0.05) is 43.5 Å². The molecule has 1 aliphatic rings. The zero-order valence-corrected chi connectivity index (χ0v) is 19.3. The molecule has 0 atom stereocenters. The Labute approximate surface area is 189 Å². The first-order valence-corrected chi connectivity index (χ1v) is 12.6. The lowest BCUT2D eigenvalue weighted by Crippen LogP contribution is -2.40. The summed E-state index contributed by atoms with van der Waals surface area (Å²) in [4.78, 5) is 25.7. The summed E-state index contributed by atoms with van der Waals surface area (Å²) in [5.41, 5.74) is 2.86. The first-order valence-electron chi connectivity index (χ1n) is 10.8. The minimum atomic E-state index is -3.51. The van der Waals surface area contributed by atoms with Crippen LogP contribution < -0.4 is 4.90 Å². The molecule has 0 heterocycles. The molecule has 1 fully saturated rings. The summed E-state index contributed by atoms with van der Waals surface area (Å²) in [6.45, 7) is -0.0481. The van der Waals surface area contributed by atoms with Crippen LogP contribution in [0.5, 0.6) is 0 Å². The predicted molar refractivity (Wildman–Crippen MR) is 124 cm³/mol. The number of nitrogens with zero attached hydrogens (tertiary/aromatic N) is 2. The molecule has 0 unspecified atom stereocenters. The highest BCUT2D eigenvalue weighted by Crippen LogP contribution is 2.32. The number of rotatable bonds is 8. The minimum absolute atomic E-state index is 0.117. The van der Waals surface area contributed by atoms with E-state index in [1.807, 2.05) is 12.1 Å². The summed E-state index contributed by atoms with van der Waals surface area (Å²) >= 11 is 0. The first-order chi connectivity index (χ1) is 15.1. The number of likely N-dealkylation sites (N-methyl/N-ethyl adjacent to an activating group) is 1. The van der Waals surface area contributed by atoms with Gasteiger partial charge in [-0.2, -0.15) is 4.31 Å². The number of carbonyl (C=O) groups is 2. The van der Waals surface area contributed by atoms with Gasteiger partial charge in [0.05, 0.1) is 24.9 Å². The molecule has 0 bridgehead atoms. The quantitative estimate of drug-likeness (QED) is 0.648. The second-order valence-electron chi connectivity index (χ2n) is 8.43. The number of hydrogen-bond acceptors (Lipinski definition) is 4. The summed E-state index contributed by atoms with van der Waals surface area (Å²) < 4.78 is 24.6. The summed E-state index contributed by atoms with van der Waals surface area (Å²) in [7, 11) is -2.16. The molecule has 0 aromatic heterocycles. The smallest absolute Gasteiger partial charge is 0.335 e. The molecule has 0 radical (unpaired) electrons. The van der Waals surface area contributed by atoms with E-state index in [1.165, 1.54) is 61.7 Å². The van der Waals surface area contributed by atoms with E-state index in [0.29, 0.717) is 11.6 Å². The highest BCUT2D eigenvalue weighted by molar-refractivity contribution is 7.88. The largest absolute Gasteiger partial charge is 0.478 e. The Hall–Kier alpha value is -2.71. The Morgan fingerprint density at radius 2 is 1.56 bits per heavy atom. The average molecular weight is 459 g/mol. The van der Waals surface area contributed by atoms with Gasteiger partial charge in [0.2, 0.25) is 15.9 Å². The zero-order valence-electron chi connectivity index (χ0n) is 18.5. The number of hydrogen-bond donors (Lipinski definition) is 1. The second-order valence-corrected chi connectivity index (χ2v) is 10.5. The van der Waals surface area contributed by atoms with Crippen molar-refractivity contribution in [1.29, 1.82) is 0 Å². The summed E-state index contributed by atoms with van der Waals surface area (Å²) in [5.74, 6) is -0.857. The van der Waals surface area contributed by atoms with Crippen LogP contribution in [0, 0.1) is 0 Å². The lowest BCUT2D eigenvalue weighted by molar-refractivity contribution is -0.118. The number of anilines is 1. The van der Waals surface area contributed by atoms with Gasteiger partial charge < -0.3 is 10.0 Å². The molecule has 1 amide bonds. The zero-order chi connectivity index (χ0) is 23.3. The lowest BCUT2D eigenvalue weighted by atomic mass is 9.84. The van der Waals surface area contributed by atoms with Gasteiger partial charge >= 0.3 is 5.97 Å². The van der Waals surface area contributed by atoms with E-state index in [9.17, 15) is 18.0 Å². The van der Waals surface area contributed by atoms with Crippen molar-refractivity contribution in [3.63, 3.8) is 0 Å². The minimum Gasteiger partial charge on any atom is -0.478 e. The van der Waals surface area contributed by atoms with Gasteiger partial charge in [-0.15, -0.1) is 0 Å². The molecule has 3 rings (SSSR count). The summed E-state index contributed by atoms with van der Waals surface area (Å²) in [5, 5.41) is 9.15. The van der Waals surface area contributed by atoms with E-state index in [1.54, 1.807) is 12.1 Å². The van der Waals surface area contributed by atoms with Gasteiger partial charge in [0.25, 0.3) is 0 Å². The van der Waals surface area contributed by atoms with Crippen molar-refractivity contribution in [2.24, 2.45) is 0 Å². The van der Waals surface area contributed by atoms with Crippen LogP contribution in [0.3, 0.4) is 0 Å². The van der Waals surface area contributed by atoms with Crippen LogP contribution in [0.25, 0.3) is 0 Å². The predicted octanol–water partition coefficient (Wildman–Crippen LogP) is 3.86. The molecule has 0 aliphatic heterocycles. The van der Waals surface area contributed by atoms with Gasteiger partial charge in [-0.05, 0) is 54.2 Å². The van der Waals surface area contributed by atoms with Crippen LogP contribution in [0.1, 0.15) is 59.5 Å². The van der Waals surface area contributed by atoms with Crippen molar-refractivity contribution in [3.05, 3.63) is 65.2 Å². The van der Waals surface area contributed by atoms with Crippen LogP contribution >= 0.6 is 0 Å². The standard InChI is InChI=1S/C24H30N2O5S/c1-25(32(2,30)31)17-23(27)26(22-14-12-21(13-15-22)24(28)29)16-18-8-10-20(11-9-18)19-6-4-3-5-7-19/h8-15,19H,3-7,16-17H2,1-2H3,(H,28,29). The van der Waals surface area contributed by atoms with Gasteiger partial charge in [0.1, 0.15) is 0 Å². The fourth-order valence-electron chi connectivity index (χ4n) is 4.01. The van der Waals surface area contributed by atoms with E-state index in [0.717, 1.165) is 16.1 Å². The normalized spacial score (nSPS) is 15.0. The molecule has 0 saturated heterocycles. The Morgan fingerprint density at radius 3 is 2.09 bits per heavy atom. The molecule has 2 aromatic rings. The number of benzene rings is 2. The summed E-state index contributed by atoms with van der Waals surface area (Å²) in [6, 6.07) is 14.3. The van der Waals surface area contributed by atoms with E-state index in [2.05, 4.69) is 12.1 Å². The van der Waals surface area contributed by atoms with Crippen molar-refractivity contribution in [3.8, 4) is 0 Å². The van der Waals surface area contributed by atoms with Crippen LogP contribution in [-0.4, -0.2) is 49.6 Å². The molecule has 1 saturated carbocycles. The lowest BCUT2D eigenvalue weighted by Gasteiger charge is -2.26.